The normalized spacial score (nSPS) is 12.0. The highest BCUT2D eigenvalue weighted by Gasteiger charge is 2.12. The van der Waals surface area contributed by atoms with Crippen LogP contribution in [0, 0.1) is 5.41 Å². The van der Waals surface area contributed by atoms with Gasteiger partial charge in [-0.15, -0.1) is 0 Å². The minimum Gasteiger partial charge on any atom is -0.361 e. The predicted octanol–water partition coefficient (Wildman–Crippen LogP) is 2.26. The van der Waals surface area contributed by atoms with Gasteiger partial charge in [0, 0.05) is 21.2 Å². The van der Waals surface area contributed by atoms with Gasteiger partial charge in [0.1, 0.15) is 13.1 Å². The third kappa shape index (κ3) is 9.62. The van der Waals surface area contributed by atoms with Crippen molar-refractivity contribution in [3.05, 3.63) is 0 Å². The van der Waals surface area contributed by atoms with Gasteiger partial charge >= 0.3 is 0 Å². The lowest BCUT2D eigenvalue weighted by Gasteiger charge is -2.19. The van der Waals surface area contributed by atoms with Gasteiger partial charge in [0.2, 0.25) is 0 Å². The molecule has 0 aliphatic carbocycles. The second-order valence-corrected chi connectivity index (χ2v) is 10.3. The molecule has 1 N–H and O–H groups in total. The van der Waals surface area contributed by atoms with E-state index < -0.39 is 8.07 Å². The van der Waals surface area contributed by atoms with E-state index in [1.807, 2.05) is 11.8 Å². The van der Waals surface area contributed by atoms with Crippen molar-refractivity contribution in [3.8, 4) is 0 Å². The van der Waals surface area contributed by atoms with Gasteiger partial charge in [-0.1, -0.05) is 19.6 Å². The molecule has 0 aromatic carbocycles. The molecule has 0 aliphatic heterocycles. The second-order valence-electron chi connectivity index (χ2n) is 4.65. The summed E-state index contributed by atoms with van der Waals surface area (Å²) in [6.07, 6.45) is 2.67. The minimum absolute atomic E-state index is 0.568. The van der Waals surface area contributed by atoms with Crippen LogP contribution in [-0.2, 0) is 4.74 Å². The Morgan fingerprint density at radius 3 is 2.53 bits per heavy atom. The van der Waals surface area contributed by atoms with E-state index in [1.54, 1.807) is 6.34 Å². The van der Waals surface area contributed by atoms with Gasteiger partial charge in [0.15, 0.2) is 0 Å². The quantitative estimate of drug-likeness (QED) is 0.228. The SMILES string of the molecule is CCN(C=NC=N)COCC[Si](C)(C)C. The molecule has 0 heterocycles. The highest BCUT2D eigenvalue weighted by molar-refractivity contribution is 6.76. The van der Waals surface area contributed by atoms with Crippen LogP contribution in [0.4, 0.5) is 0 Å². The van der Waals surface area contributed by atoms with Crippen molar-refractivity contribution in [2.45, 2.75) is 32.6 Å². The average Bonchev–Trinajstić information content (AvgIpc) is 2.15. The molecule has 0 aromatic rings. The van der Waals surface area contributed by atoms with Crippen LogP contribution in [0.5, 0.6) is 0 Å². The first-order chi connectivity index (χ1) is 6.99. The Labute approximate surface area is 93.9 Å². The maximum Gasteiger partial charge on any atom is 0.119 e. The summed E-state index contributed by atoms with van der Waals surface area (Å²) in [5.41, 5.74) is 0. The molecule has 4 nitrogen and oxygen atoms in total. The summed E-state index contributed by atoms with van der Waals surface area (Å²) in [5, 5.41) is 6.78. The molecule has 0 amide bonds. The summed E-state index contributed by atoms with van der Waals surface area (Å²) in [7, 11) is -0.978. The Morgan fingerprint density at radius 1 is 1.40 bits per heavy atom. The minimum atomic E-state index is -0.978. The highest BCUT2D eigenvalue weighted by Crippen LogP contribution is 2.07. The van der Waals surface area contributed by atoms with E-state index in [2.05, 4.69) is 24.6 Å². The zero-order chi connectivity index (χ0) is 11.7. The van der Waals surface area contributed by atoms with Crippen LogP contribution in [0.25, 0.3) is 0 Å². The Hall–Kier alpha value is -0.683. The van der Waals surface area contributed by atoms with Crippen molar-refractivity contribution in [1.82, 2.24) is 4.90 Å². The summed E-state index contributed by atoms with van der Waals surface area (Å²) in [5.74, 6) is 0. The largest absolute Gasteiger partial charge is 0.361 e. The van der Waals surface area contributed by atoms with Crippen molar-refractivity contribution >= 4 is 20.8 Å². The van der Waals surface area contributed by atoms with Crippen molar-refractivity contribution in [3.63, 3.8) is 0 Å². The van der Waals surface area contributed by atoms with Gasteiger partial charge in [0.25, 0.3) is 0 Å². The molecule has 5 heteroatoms. The van der Waals surface area contributed by atoms with Crippen molar-refractivity contribution in [2.24, 2.45) is 4.99 Å². The van der Waals surface area contributed by atoms with Crippen LogP contribution in [0.3, 0.4) is 0 Å². The van der Waals surface area contributed by atoms with Crippen LogP contribution in [0.15, 0.2) is 4.99 Å². The second kappa shape index (κ2) is 7.59. The first-order valence-electron chi connectivity index (χ1n) is 5.33. The summed E-state index contributed by atoms with van der Waals surface area (Å²) in [4.78, 5) is 5.68. The number of hydrogen-bond acceptors (Lipinski definition) is 2. The van der Waals surface area contributed by atoms with E-state index in [9.17, 15) is 0 Å². The van der Waals surface area contributed by atoms with E-state index in [4.69, 9.17) is 10.1 Å². The third-order valence-electron chi connectivity index (χ3n) is 1.96. The van der Waals surface area contributed by atoms with Crippen LogP contribution in [0.1, 0.15) is 6.92 Å². The number of rotatable bonds is 8. The maximum absolute atomic E-state index is 6.78. The molecule has 0 saturated carbocycles. The van der Waals surface area contributed by atoms with Gasteiger partial charge in [-0.2, -0.15) is 0 Å². The number of nitrogens with zero attached hydrogens (tertiary/aromatic N) is 2. The molecule has 0 atom stereocenters. The molecule has 0 bridgehead atoms. The van der Waals surface area contributed by atoms with Crippen molar-refractivity contribution < 1.29 is 4.74 Å². The first-order valence-corrected chi connectivity index (χ1v) is 9.04. The smallest absolute Gasteiger partial charge is 0.119 e. The number of ether oxygens (including phenoxy) is 1. The van der Waals surface area contributed by atoms with Crippen LogP contribution >= 0.6 is 0 Å². The lowest BCUT2D eigenvalue weighted by molar-refractivity contribution is 0.0784. The summed E-state index contributed by atoms with van der Waals surface area (Å²) in [6.45, 7) is 11.3. The number of nitrogens with one attached hydrogen (secondary N) is 1. The zero-order valence-corrected chi connectivity index (χ0v) is 11.3. The van der Waals surface area contributed by atoms with E-state index in [0.717, 1.165) is 19.5 Å². The molecule has 0 saturated heterocycles. The molecule has 0 fully saturated rings. The molecule has 0 radical (unpaired) electrons. The van der Waals surface area contributed by atoms with Crippen molar-refractivity contribution in [1.29, 1.82) is 5.41 Å². The fourth-order valence-corrected chi connectivity index (χ4v) is 1.65. The summed E-state index contributed by atoms with van der Waals surface area (Å²) in [6, 6.07) is 1.19. The third-order valence-corrected chi connectivity index (χ3v) is 3.67. The van der Waals surface area contributed by atoms with Gasteiger partial charge in [-0.05, 0) is 13.0 Å². The number of aliphatic imine (C=N–C) groups is 1. The Kier molecular flexibility index (Phi) is 7.24. The fraction of sp³-hybridized carbons (Fsp3) is 0.800. The molecule has 0 aliphatic rings. The molecule has 0 rings (SSSR count). The molecule has 15 heavy (non-hydrogen) atoms. The zero-order valence-electron chi connectivity index (χ0n) is 10.3. The van der Waals surface area contributed by atoms with E-state index >= 15 is 0 Å². The van der Waals surface area contributed by atoms with Gasteiger partial charge in [0.05, 0.1) is 6.34 Å². The number of hydrogen-bond donors (Lipinski definition) is 1. The first kappa shape index (κ1) is 14.3. The average molecular weight is 229 g/mol. The van der Waals surface area contributed by atoms with Crippen LogP contribution in [-0.4, -0.2) is 45.5 Å². The molecule has 88 valence electrons. The Balaban J connectivity index is 3.64. The van der Waals surface area contributed by atoms with Crippen LogP contribution in [0.2, 0.25) is 25.7 Å². The predicted molar refractivity (Wildman–Crippen MR) is 68.6 cm³/mol. The van der Waals surface area contributed by atoms with Gasteiger partial charge in [-0.25, -0.2) is 4.99 Å². The molecular weight excluding hydrogens is 206 g/mol. The van der Waals surface area contributed by atoms with Gasteiger partial charge in [-0.3, -0.25) is 5.41 Å². The Bertz CT molecular complexity index is 201. The summed E-state index contributed by atoms with van der Waals surface area (Å²) >= 11 is 0. The van der Waals surface area contributed by atoms with E-state index in [-0.39, 0.29) is 0 Å². The van der Waals surface area contributed by atoms with Crippen LogP contribution < -0.4 is 0 Å². The lowest BCUT2D eigenvalue weighted by atomic mass is 10.6. The molecule has 0 aromatic heterocycles. The molecular formula is C10H23N3OSi. The van der Waals surface area contributed by atoms with Crippen molar-refractivity contribution in [2.75, 3.05) is 19.9 Å². The molecule has 0 unspecified atom stereocenters. The monoisotopic (exact) mass is 229 g/mol. The highest BCUT2D eigenvalue weighted by atomic mass is 28.3. The lowest BCUT2D eigenvalue weighted by Crippen LogP contribution is -2.27. The van der Waals surface area contributed by atoms with E-state index in [1.165, 1.54) is 6.04 Å². The maximum atomic E-state index is 6.78. The Morgan fingerprint density at radius 2 is 2.07 bits per heavy atom. The topological polar surface area (TPSA) is 48.7 Å². The fourth-order valence-electron chi connectivity index (χ4n) is 0.894. The van der Waals surface area contributed by atoms with Gasteiger partial charge < -0.3 is 9.64 Å². The van der Waals surface area contributed by atoms with E-state index in [0.29, 0.717) is 6.73 Å². The molecule has 0 spiro atoms. The summed E-state index contributed by atoms with van der Waals surface area (Å²) < 4.78 is 5.55. The standard InChI is InChI=1S/C10H23N3OSi/c1-5-13(9-12-8-11)10-14-6-7-15(2,3)4/h8-9,11H,5-7,10H2,1-4H3.